The standard InChI is InChI=1S/C13H23N3O3/c17-11(18)9-13(5-1-2-6-13)16-12(19)15-10-3-7-14-8-4-10/h10,14H,1-9H2,(H,17,18)(H2,15,16,19). The predicted molar refractivity (Wildman–Crippen MR) is 71.0 cm³/mol. The third kappa shape index (κ3) is 4.09. The molecule has 6 heteroatoms. The van der Waals surface area contributed by atoms with Gasteiger partial charge in [0.15, 0.2) is 0 Å². The Bertz CT molecular complexity index is 334. The number of rotatable bonds is 4. The number of carboxylic acids is 1. The van der Waals surface area contributed by atoms with Crippen LogP contribution in [0.3, 0.4) is 0 Å². The lowest BCUT2D eigenvalue weighted by Gasteiger charge is -2.31. The fourth-order valence-corrected chi connectivity index (χ4v) is 3.12. The van der Waals surface area contributed by atoms with Gasteiger partial charge in [-0.15, -0.1) is 0 Å². The first-order valence-corrected chi connectivity index (χ1v) is 7.11. The number of piperidine rings is 1. The minimum absolute atomic E-state index is 0.0205. The van der Waals surface area contributed by atoms with Crippen molar-refractivity contribution in [2.45, 2.75) is 56.5 Å². The number of amides is 2. The molecular formula is C13H23N3O3. The first-order valence-electron chi connectivity index (χ1n) is 7.11. The summed E-state index contributed by atoms with van der Waals surface area (Å²) in [6.07, 6.45) is 5.38. The van der Waals surface area contributed by atoms with Gasteiger partial charge in [-0.3, -0.25) is 4.79 Å². The first-order chi connectivity index (χ1) is 9.10. The Morgan fingerprint density at radius 3 is 2.42 bits per heavy atom. The van der Waals surface area contributed by atoms with Crippen LogP contribution in [-0.2, 0) is 4.79 Å². The van der Waals surface area contributed by atoms with Crippen molar-refractivity contribution in [1.29, 1.82) is 0 Å². The highest BCUT2D eigenvalue weighted by atomic mass is 16.4. The summed E-state index contributed by atoms with van der Waals surface area (Å²) in [4.78, 5) is 23.0. The molecule has 4 N–H and O–H groups in total. The number of carbonyl (C=O) groups is 2. The molecular weight excluding hydrogens is 246 g/mol. The summed E-state index contributed by atoms with van der Waals surface area (Å²) in [5.74, 6) is -0.843. The molecule has 2 rings (SSSR count). The lowest BCUT2D eigenvalue weighted by molar-refractivity contribution is -0.138. The molecule has 0 spiro atoms. The fourth-order valence-electron chi connectivity index (χ4n) is 3.12. The predicted octanol–water partition coefficient (Wildman–Crippen LogP) is 0.825. The van der Waals surface area contributed by atoms with Crippen LogP contribution in [0.4, 0.5) is 4.79 Å². The Morgan fingerprint density at radius 1 is 1.21 bits per heavy atom. The van der Waals surface area contributed by atoms with Gasteiger partial charge in [0.25, 0.3) is 0 Å². The van der Waals surface area contributed by atoms with Gasteiger partial charge in [0.1, 0.15) is 0 Å². The third-order valence-electron chi connectivity index (χ3n) is 4.10. The lowest BCUT2D eigenvalue weighted by atomic mass is 9.93. The first kappa shape index (κ1) is 14.1. The summed E-state index contributed by atoms with van der Waals surface area (Å²) < 4.78 is 0. The van der Waals surface area contributed by atoms with Crippen molar-refractivity contribution in [1.82, 2.24) is 16.0 Å². The maximum Gasteiger partial charge on any atom is 0.315 e. The quantitative estimate of drug-likeness (QED) is 0.608. The fraction of sp³-hybridized carbons (Fsp3) is 0.846. The maximum absolute atomic E-state index is 12.0. The van der Waals surface area contributed by atoms with Crippen LogP contribution < -0.4 is 16.0 Å². The van der Waals surface area contributed by atoms with Gasteiger partial charge >= 0.3 is 12.0 Å². The highest BCUT2D eigenvalue weighted by Gasteiger charge is 2.37. The Kier molecular flexibility index (Phi) is 4.63. The Balaban J connectivity index is 1.86. The average molecular weight is 269 g/mol. The minimum Gasteiger partial charge on any atom is -0.481 e. The van der Waals surface area contributed by atoms with Crippen LogP contribution in [0.1, 0.15) is 44.9 Å². The summed E-state index contributed by atoms with van der Waals surface area (Å²) in [5.41, 5.74) is -0.539. The van der Waals surface area contributed by atoms with Crippen molar-refractivity contribution in [2.75, 3.05) is 13.1 Å². The van der Waals surface area contributed by atoms with Gasteiger partial charge in [0.2, 0.25) is 0 Å². The molecule has 0 unspecified atom stereocenters. The number of hydrogen-bond donors (Lipinski definition) is 4. The average Bonchev–Trinajstić information content (AvgIpc) is 2.77. The van der Waals surface area contributed by atoms with E-state index in [1.54, 1.807) is 0 Å². The zero-order valence-electron chi connectivity index (χ0n) is 11.2. The van der Waals surface area contributed by atoms with Crippen LogP contribution in [0.25, 0.3) is 0 Å². The molecule has 0 bridgehead atoms. The molecule has 0 aromatic carbocycles. The van der Waals surface area contributed by atoms with Crippen molar-refractivity contribution >= 4 is 12.0 Å². The molecule has 2 aliphatic rings. The number of carboxylic acid groups (broad SMARTS) is 1. The van der Waals surface area contributed by atoms with E-state index in [1.807, 2.05) is 0 Å². The van der Waals surface area contributed by atoms with Crippen LogP contribution in [0, 0.1) is 0 Å². The molecule has 0 radical (unpaired) electrons. The van der Waals surface area contributed by atoms with Crippen LogP contribution in [0.2, 0.25) is 0 Å². The smallest absolute Gasteiger partial charge is 0.315 e. The van der Waals surface area contributed by atoms with E-state index in [2.05, 4.69) is 16.0 Å². The van der Waals surface area contributed by atoms with Crippen LogP contribution >= 0.6 is 0 Å². The lowest BCUT2D eigenvalue weighted by Crippen LogP contribution is -2.54. The molecule has 1 aliphatic carbocycles. The van der Waals surface area contributed by atoms with E-state index >= 15 is 0 Å². The third-order valence-corrected chi connectivity index (χ3v) is 4.10. The number of urea groups is 1. The molecule has 2 fully saturated rings. The van der Waals surface area contributed by atoms with Gasteiger partial charge < -0.3 is 21.1 Å². The monoisotopic (exact) mass is 269 g/mol. The number of hydrogen-bond acceptors (Lipinski definition) is 3. The van der Waals surface area contributed by atoms with E-state index in [9.17, 15) is 9.59 Å². The van der Waals surface area contributed by atoms with Gasteiger partial charge in [-0.25, -0.2) is 4.79 Å². The summed E-state index contributed by atoms with van der Waals surface area (Å²) >= 11 is 0. The van der Waals surface area contributed by atoms with E-state index in [0.717, 1.165) is 51.6 Å². The molecule has 1 saturated heterocycles. The molecule has 19 heavy (non-hydrogen) atoms. The molecule has 1 saturated carbocycles. The summed E-state index contributed by atoms with van der Waals surface area (Å²) in [6.45, 7) is 1.84. The van der Waals surface area contributed by atoms with Crippen molar-refractivity contribution < 1.29 is 14.7 Å². The second-order valence-corrected chi connectivity index (χ2v) is 5.68. The normalized spacial score (nSPS) is 22.9. The second kappa shape index (κ2) is 6.23. The number of carbonyl (C=O) groups excluding carboxylic acids is 1. The molecule has 2 amide bonds. The van der Waals surface area contributed by atoms with Crippen molar-refractivity contribution in [3.63, 3.8) is 0 Å². The van der Waals surface area contributed by atoms with E-state index in [4.69, 9.17) is 5.11 Å². The van der Waals surface area contributed by atoms with Gasteiger partial charge in [0.05, 0.1) is 12.0 Å². The molecule has 1 aliphatic heterocycles. The molecule has 0 aromatic heterocycles. The number of nitrogens with one attached hydrogen (secondary N) is 3. The van der Waals surface area contributed by atoms with Crippen LogP contribution in [0.15, 0.2) is 0 Å². The molecule has 108 valence electrons. The molecule has 0 atom stereocenters. The Hall–Kier alpha value is -1.30. The Labute approximate surface area is 113 Å². The van der Waals surface area contributed by atoms with Gasteiger partial charge in [0, 0.05) is 6.04 Å². The van der Waals surface area contributed by atoms with E-state index in [-0.39, 0.29) is 18.5 Å². The van der Waals surface area contributed by atoms with Crippen molar-refractivity contribution in [2.24, 2.45) is 0 Å². The van der Waals surface area contributed by atoms with Crippen molar-refractivity contribution in [3.05, 3.63) is 0 Å². The number of aliphatic carboxylic acids is 1. The SMILES string of the molecule is O=C(O)CC1(NC(=O)NC2CCNCC2)CCCC1. The topological polar surface area (TPSA) is 90.5 Å². The largest absolute Gasteiger partial charge is 0.481 e. The van der Waals surface area contributed by atoms with Gasteiger partial charge in [-0.2, -0.15) is 0 Å². The zero-order chi connectivity index (χ0) is 13.7. The zero-order valence-corrected chi connectivity index (χ0v) is 11.2. The summed E-state index contributed by atoms with van der Waals surface area (Å²) in [6, 6.07) is -0.0143. The molecule has 0 aromatic rings. The van der Waals surface area contributed by atoms with E-state index < -0.39 is 11.5 Å². The van der Waals surface area contributed by atoms with Crippen LogP contribution in [0.5, 0.6) is 0 Å². The highest BCUT2D eigenvalue weighted by Crippen LogP contribution is 2.32. The molecule has 1 heterocycles. The van der Waals surface area contributed by atoms with Gasteiger partial charge in [-0.1, -0.05) is 12.8 Å². The van der Waals surface area contributed by atoms with E-state index in [0.29, 0.717) is 0 Å². The second-order valence-electron chi connectivity index (χ2n) is 5.68. The Morgan fingerprint density at radius 2 is 1.84 bits per heavy atom. The maximum atomic E-state index is 12.0. The highest BCUT2D eigenvalue weighted by molar-refractivity contribution is 5.77. The summed E-state index contributed by atoms with van der Waals surface area (Å²) in [7, 11) is 0. The van der Waals surface area contributed by atoms with E-state index in [1.165, 1.54) is 0 Å². The van der Waals surface area contributed by atoms with Gasteiger partial charge in [-0.05, 0) is 38.8 Å². The van der Waals surface area contributed by atoms with Crippen molar-refractivity contribution in [3.8, 4) is 0 Å². The minimum atomic E-state index is -0.843. The molecule has 6 nitrogen and oxygen atoms in total. The summed E-state index contributed by atoms with van der Waals surface area (Å²) in [5, 5.41) is 18.1. The van der Waals surface area contributed by atoms with Crippen LogP contribution in [-0.4, -0.2) is 41.8 Å².